The molecular weight excluding hydrogens is 550 g/mol. The molecule has 0 saturated carbocycles. The number of thiophene rings is 1. The van der Waals surface area contributed by atoms with E-state index in [1.807, 2.05) is 4.90 Å². The van der Waals surface area contributed by atoms with Gasteiger partial charge in [-0.3, -0.25) is 19.0 Å². The summed E-state index contributed by atoms with van der Waals surface area (Å²) in [5, 5.41) is 2.57. The van der Waals surface area contributed by atoms with Crippen LogP contribution in [0, 0.1) is 12.7 Å². The smallest absolute Gasteiger partial charge is 0.366 e. The fourth-order valence-electron chi connectivity index (χ4n) is 4.61. The van der Waals surface area contributed by atoms with Gasteiger partial charge in [-0.05, 0) is 42.8 Å². The van der Waals surface area contributed by atoms with Crippen molar-refractivity contribution in [2.24, 2.45) is 0 Å². The van der Waals surface area contributed by atoms with Crippen LogP contribution in [0.5, 0.6) is 0 Å². The lowest BCUT2D eigenvalue weighted by atomic mass is 10.2. The first kappa shape index (κ1) is 27.3. The van der Waals surface area contributed by atoms with Crippen LogP contribution in [-0.4, -0.2) is 52.4 Å². The van der Waals surface area contributed by atoms with Crippen molar-refractivity contribution in [3.05, 3.63) is 87.0 Å². The first-order valence-electron chi connectivity index (χ1n) is 12.3. The molecule has 0 radical (unpaired) electrons. The molecule has 2 aromatic carbocycles. The standard InChI is InChI=1S/C27H23F4N5O3S/c1-16-22-24(40-23(16)26(39)35-11-9-34(10-12-35)20-8-3-2-7-19(20)28)32-15-36(25(22)38)14-21(37)33-18-6-4-5-17(13-18)27(29,30)31/h2-8,13,15H,9-12,14H2,1H3,(H,33,37). The third kappa shape index (κ3) is 5.41. The Morgan fingerprint density at radius 2 is 1.77 bits per heavy atom. The van der Waals surface area contributed by atoms with Gasteiger partial charge in [-0.25, -0.2) is 9.37 Å². The van der Waals surface area contributed by atoms with E-state index in [-0.39, 0.29) is 22.8 Å². The average Bonchev–Trinajstić information content (AvgIpc) is 3.26. The van der Waals surface area contributed by atoms with Gasteiger partial charge in [-0.15, -0.1) is 11.3 Å². The highest BCUT2D eigenvalue weighted by atomic mass is 32.1. The summed E-state index contributed by atoms with van der Waals surface area (Å²) in [6.45, 7) is 2.79. The number of anilines is 2. The molecular formula is C27H23F4N5O3S. The average molecular weight is 574 g/mol. The summed E-state index contributed by atoms with van der Waals surface area (Å²) in [6, 6.07) is 10.6. The lowest BCUT2D eigenvalue weighted by Crippen LogP contribution is -2.49. The van der Waals surface area contributed by atoms with Crippen molar-refractivity contribution in [2.75, 3.05) is 36.4 Å². The Balaban J connectivity index is 1.30. The molecule has 0 bridgehead atoms. The van der Waals surface area contributed by atoms with Gasteiger partial charge in [0.25, 0.3) is 11.5 Å². The summed E-state index contributed by atoms with van der Waals surface area (Å²) in [5.74, 6) is -1.30. The maximum absolute atomic E-state index is 14.2. The minimum absolute atomic E-state index is 0.0587. The summed E-state index contributed by atoms with van der Waals surface area (Å²) >= 11 is 1.08. The van der Waals surface area contributed by atoms with Gasteiger partial charge in [0.05, 0.1) is 27.8 Å². The zero-order valence-electron chi connectivity index (χ0n) is 21.2. The Labute approximate surface area is 229 Å². The number of piperazine rings is 1. The number of amides is 2. The van der Waals surface area contributed by atoms with Crippen molar-refractivity contribution in [1.82, 2.24) is 14.5 Å². The van der Waals surface area contributed by atoms with Crippen molar-refractivity contribution < 1.29 is 27.2 Å². The molecule has 2 aromatic heterocycles. The zero-order valence-corrected chi connectivity index (χ0v) is 22.0. The van der Waals surface area contributed by atoms with Gasteiger partial charge >= 0.3 is 6.18 Å². The maximum Gasteiger partial charge on any atom is 0.416 e. The third-order valence-corrected chi connectivity index (χ3v) is 7.85. The SMILES string of the molecule is Cc1c(C(=O)N2CCN(c3ccccc3F)CC2)sc2ncn(CC(=O)Nc3cccc(C(F)(F)F)c3)c(=O)c12. The van der Waals surface area contributed by atoms with E-state index in [1.54, 1.807) is 30.0 Å². The van der Waals surface area contributed by atoms with Crippen molar-refractivity contribution >= 4 is 44.7 Å². The van der Waals surface area contributed by atoms with Crippen LogP contribution in [0.3, 0.4) is 0 Å². The normalized spacial score (nSPS) is 14.0. The highest BCUT2D eigenvalue weighted by Gasteiger charge is 2.31. The van der Waals surface area contributed by atoms with Crippen LogP contribution in [-0.2, 0) is 17.5 Å². The van der Waals surface area contributed by atoms with Crippen LogP contribution in [0.4, 0.5) is 28.9 Å². The molecule has 1 N–H and O–H groups in total. The van der Waals surface area contributed by atoms with E-state index in [9.17, 15) is 31.9 Å². The Bertz CT molecular complexity index is 1660. The number of aryl methyl sites for hydroxylation is 1. The van der Waals surface area contributed by atoms with Crippen molar-refractivity contribution in [2.45, 2.75) is 19.6 Å². The molecule has 5 rings (SSSR count). The molecule has 0 aliphatic carbocycles. The Morgan fingerprint density at radius 3 is 2.48 bits per heavy atom. The second-order valence-electron chi connectivity index (χ2n) is 9.27. The maximum atomic E-state index is 14.2. The van der Waals surface area contributed by atoms with Crippen LogP contribution in [0.25, 0.3) is 10.2 Å². The lowest BCUT2D eigenvalue weighted by Gasteiger charge is -2.36. The van der Waals surface area contributed by atoms with Gasteiger partial charge in [0.1, 0.15) is 17.2 Å². The summed E-state index contributed by atoms with van der Waals surface area (Å²) in [6.07, 6.45) is -3.39. The lowest BCUT2D eigenvalue weighted by molar-refractivity contribution is -0.137. The molecule has 1 aliphatic rings. The van der Waals surface area contributed by atoms with E-state index >= 15 is 0 Å². The number of nitrogens with zero attached hydrogens (tertiary/aromatic N) is 4. The molecule has 40 heavy (non-hydrogen) atoms. The zero-order chi connectivity index (χ0) is 28.6. The number of aromatic nitrogens is 2. The van der Waals surface area contributed by atoms with Gasteiger partial charge in [0.15, 0.2) is 0 Å². The first-order valence-corrected chi connectivity index (χ1v) is 13.1. The second kappa shape index (κ2) is 10.7. The Hall–Kier alpha value is -4.26. The molecule has 1 aliphatic heterocycles. The van der Waals surface area contributed by atoms with Crippen LogP contribution in [0.1, 0.15) is 20.8 Å². The van der Waals surface area contributed by atoms with Crippen LogP contribution in [0.2, 0.25) is 0 Å². The number of alkyl halides is 3. The number of carbonyl (C=O) groups excluding carboxylic acids is 2. The molecule has 4 aromatic rings. The van der Waals surface area contributed by atoms with E-state index in [1.165, 1.54) is 24.5 Å². The summed E-state index contributed by atoms with van der Waals surface area (Å²) < 4.78 is 54.1. The molecule has 2 amide bonds. The molecule has 8 nitrogen and oxygen atoms in total. The highest BCUT2D eigenvalue weighted by Crippen LogP contribution is 2.31. The predicted octanol–water partition coefficient (Wildman–Crippen LogP) is 4.53. The Kier molecular flexibility index (Phi) is 7.32. The molecule has 1 fully saturated rings. The predicted molar refractivity (Wildman–Crippen MR) is 143 cm³/mol. The van der Waals surface area contributed by atoms with Gasteiger partial charge in [0.2, 0.25) is 5.91 Å². The largest absolute Gasteiger partial charge is 0.416 e. The minimum atomic E-state index is -4.56. The fraction of sp³-hybridized carbons (Fsp3) is 0.259. The van der Waals surface area contributed by atoms with Crippen LogP contribution < -0.4 is 15.8 Å². The van der Waals surface area contributed by atoms with E-state index in [0.717, 1.165) is 28.0 Å². The van der Waals surface area contributed by atoms with E-state index < -0.39 is 29.8 Å². The highest BCUT2D eigenvalue weighted by molar-refractivity contribution is 7.20. The summed E-state index contributed by atoms with van der Waals surface area (Å²) in [7, 11) is 0. The molecule has 208 valence electrons. The van der Waals surface area contributed by atoms with Crippen molar-refractivity contribution in [3.63, 3.8) is 0 Å². The topological polar surface area (TPSA) is 87.5 Å². The number of hydrogen-bond donors (Lipinski definition) is 1. The minimum Gasteiger partial charge on any atom is -0.366 e. The van der Waals surface area contributed by atoms with Gasteiger partial charge in [-0.2, -0.15) is 13.2 Å². The van der Waals surface area contributed by atoms with E-state index in [4.69, 9.17) is 0 Å². The number of fused-ring (bicyclic) bond motifs is 1. The van der Waals surface area contributed by atoms with E-state index in [0.29, 0.717) is 47.1 Å². The number of hydrogen-bond acceptors (Lipinski definition) is 6. The second-order valence-corrected chi connectivity index (χ2v) is 10.3. The number of para-hydroxylation sites is 1. The monoisotopic (exact) mass is 573 g/mol. The molecule has 0 spiro atoms. The van der Waals surface area contributed by atoms with Gasteiger partial charge in [-0.1, -0.05) is 18.2 Å². The van der Waals surface area contributed by atoms with Crippen molar-refractivity contribution in [1.29, 1.82) is 0 Å². The number of nitrogens with one attached hydrogen (secondary N) is 1. The van der Waals surface area contributed by atoms with Crippen LogP contribution >= 0.6 is 11.3 Å². The number of benzene rings is 2. The Morgan fingerprint density at radius 1 is 1.05 bits per heavy atom. The van der Waals surface area contributed by atoms with Gasteiger partial charge in [0, 0.05) is 31.9 Å². The van der Waals surface area contributed by atoms with E-state index in [2.05, 4.69) is 10.3 Å². The summed E-state index contributed by atoms with van der Waals surface area (Å²) in [4.78, 5) is 47.5. The molecule has 3 heterocycles. The summed E-state index contributed by atoms with van der Waals surface area (Å²) in [5.41, 5.74) is -0.593. The van der Waals surface area contributed by atoms with Crippen LogP contribution in [0.15, 0.2) is 59.7 Å². The van der Waals surface area contributed by atoms with Crippen molar-refractivity contribution in [3.8, 4) is 0 Å². The third-order valence-electron chi connectivity index (χ3n) is 6.66. The molecule has 13 heteroatoms. The number of halogens is 4. The first-order chi connectivity index (χ1) is 19.0. The van der Waals surface area contributed by atoms with Gasteiger partial charge < -0.3 is 15.1 Å². The quantitative estimate of drug-likeness (QED) is 0.355. The molecule has 0 atom stereocenters. The molecule has 0 unspecified atom stereocenters. The fourth-order valence-corrected chi connectivity index (χ4v) is 5.71. The number of carbonyl (C=O) groups is 2. The number of rotatable bonds is 5. The molecule has 1 saturated heterocycles.